The Balaban J connectivity index is 0.000000176. The van der Waals surface area contributed by atoms with Crippen molar-refractivity contribution < 1.29 is 33.2 Å². The Hall–Kier alpha value is -6.65. The summed E-state index contributed by atoms with van der Waals surface area (Å²) in [6.07, 6.45) is 8.30. The van der Waals surface area contributed by atoms with Crippen LogP contribution in [0.25, 0.3) is 44.6 Å². The predicted octanol–water partition coefficient (Wildman–Crippen LogP) is 8.52. The van der Waals surface area contributed by atoms with E-state index in [1.165, 1.54) is 36.1 Å². The second-order valence-electron chi connectivity index (χ2n) is 16.2. The Morgan fingerprint density at radius 2 is 1.29 bits per heavy atom. The normalized spacial score (nSPS) is 14.3. The molecule has 2 aliphatic heterocycles. The van der Waals surface area contributed by atoms with E-state index in [-0.39, 0.29) is 18.6 Å². The molecule has 354 valence electrons. The molecule has 18 nitrogen and oxygen atoms in total. The summed E-state index contributed by atoms with van der Waals surface area (Å²) < 4.78 is 41.9. The van der Waals surface area contributed by atoms with Crippen LogP contribution in [0.5, 0.6) is 17.2 Å². The number of carboxylic acids is 1. The van der Waals surface area contributed by atoms with Crippen molar-refractivity contribution in [3.63, 3.8) is 0 Å². The third-order valence-corrected chi connectivity index (χ3v) is 12.4. The van der Waals surface area contributed by atoms with Crippen molar-refractivity contribution in [2.45, 2.75) is 51.3 Å². The lowest BCUT2D eigenvalue weighted by molar-refractivity contribution is -0.137. The summed E-state index contributed by atoms with van der Waals surface area (Å²) in [5.74, 6) is 0.861. The van der Waals surface area contributed by atoms with E-state index in [1.807, 2.05) is 52.7 Å². The molecule has 68 heavy (non-hydrogen) atoms. The van der Waals surface area contributed by atoms with Crippen LogP contribution >= 0.6 is 27.3 Å². The van der Waals surface area contributed by atoms with Gasteiger partial charge in [-0.1, -0.05) is 28.1 Å². The minimum Gasteiger partial charge on any atom is -0.488 e. The van der Waals surface area contributed by atoms with Gasteiger partial charge in [-0.3, -0.25) is 9.69 Å². The summed E-state index contributed by atoms with van der Waals surface area (Å²) >= 11 is 5.00. The second kappa shape index (κ2) is 22.0. The van der Waals surface area contributed by atoms with Gasteiger partial charge in [0.05, 0.1) is 39.3 Å². The smallest absolute Gasteiger partial charge is 0.317 e. The molecule has 0 bridgehead atoms. The number of ether oxygens (including phenoxy) is 4. The Bertz CT molecular complexity index is 2970. The van der Waals surface area contributed by atoms with E-state index in [9.17, 15) is 9.18 Å². The first-order chi connectivity index (χ1) is 32.9. The molecule has 0 amide bonds. The molecule has 0 atom stereocenters. The van der Waals surface area contributed by atoms with E-state index in [0.717, 1.165) is 86.5 Å². The van der Waals surface area contributed by atoms with Gasteiger partial charge in [0.2, 0.25) is 0 Å². The number of carboxylic acid groups (broad SMARTS) is 1. The fourth-order valence-corrected chi connectivity index (χ4v) is 8.74. The number of benzene rings is 3. The number of anilines is 2. The minimum atomic E-state index is -0.787. The van der Waals surface area contributed by atoms with Crippen LogP contribution in [-0.2, 0) is 20.9 Å². The fourth-order valence-electron chi connectivity index (χ4n) is 7.76. The molecule has 5 aromatic heterocycles. The van der Waals surface area contributed by atoms with Gasteiger partial charge in [-0.2, -0.15) is 10.2 Å². The van der Waals surface area contributed by atoms with Gasteiger partial charge < -0.3 is 35.5 Å². The van der Waals surface area contributed by atoms with Gasteiger partial charge >= 0.3 is 5.97 Å². The van der Waals surface area contributed by atoms with Crippen molar-refractivity contribution in [2.24, 2.45) is 0 Å². The molecule has 7 heterocycles. The zero-order valence-corrected chi connectivity index (χ0v) is 40.0. The number of halogens is 2. The van der Waals surface area contributed by atoms with Gasteiger partial charge in [0.1, 0.15) is 65.4 Å². The van der Waals surface area contributed by atoms with E-state index < -0.39 is 11.8 Å². The van der Waals surface area contributed by atoms with Crippen molar-refractivity contribution >= 4 is 66.9 Å². The van der Waals surface area contributed by atoms with E-state index in [1.54, 1.807) is 43.4 Å². The highest BCUT2D eigenvalue weighted by atomic mass is 79.9. The highest BCUT2D eigenvalue weighted by molar-refractivity contribution is 9.10. The van der Waals surface area contributed by atoms with Crippen molar-refractivity contribution in [2.75, 3.05) is 58.5 Å². The van der Waals surface area contributed by atoms with Crippen LogP contribution in [-0.4, -0.2) is 108 Å². The molecule has 10 rings (SSSR count). The highest BCUT2D eigenvalue weighted by Crippen LogP contribution is 2.37. The molecule has 0 unspecified atom stereocenters. The summed E-state index contributed by atoms with van der Waals surface area (Å²) in [4.78, 5) is 33.8. The van der Waals surface area contributed by atoms with E-state index in [2.05, 4.69) is 40.8 Å². The molecular formula is C47H50BrFN12O6S. The topological polar surface area (TPSA) is 230 Å². The molecule has 3 aromatic carbocycles. The predicted molar refractivity (Wildman–Crippen MR) is 260 cm³/mol. The SMILES string of the molecule is CN(C)CC(=O)O.Cc1ncc(COc2cc(F)cc(Oc3ccc(-c4nn(C5CCOCC5)c5ncnc(N)c45)cc3)c2)s1.Nc1ncnc2c1c(-c1ccc(Br)cc1)nn2C1CCOCC1. The lowest BCUT2D eigenvalue weighted by Gasteiger charge is -2.22. The lowest BCUT2D eigenvalue weighted by atomic mass is 10.1. The number of nitrogen functional groups attached to an aromatic ring is 2. The maximum atomic E-state index is 14.3. The van der Waals surface area contributed by atoms with E-state index in [4.69, 9.17) is 45.7 Å². The Morgan fingerprint density at radius 1 is 0.779 bits per heavy atom. The fraction of sp³-hybridized carbons (Fsp3) is 0.319. The number of aromatic nitrogens is 9. The Kier molecular flexibility index (Phi) is 15.5. The molecule has 2 saturated heterocycles. The monoisotopic (exact) mass is 1010 g/mol. The van der Waals surface area contributed by atoms with Gasteiger partial charge in [-0.25, -0.2) is 38.7 Å². The first-order valence-corrected chi connectivity index (χ1v) is 23.4. The highest BCUT2D eigenvalue weighted by Gasteiger charge is 2.25. The molecule has 21 heteroatoms. The standard InChI is InChI=1S/C27H25FN6O3S.C16H16BrN5O.C4H9NO2/c1-16-30-13-23(38-16)14-36-21-10-18(28)11-22(12-21)37-20-4-2-17(3-5-20)25-24-26(29)31-15-32-27(24)34(33-25)19-6-8-35-9-7-19;17-11-3-1-10(2-4-11)14-13-15(18)19-9-20-16(13)22(21-14)12-5-7-23-8-6-12;1-5(2)3-4(6)7/h2-5,10-13,15,19H,6-9,14H2,1H3,(H2,29,31,32);1-4,9,12H,5-8H2,(H2,18,19,20);3H2,1-2H3,(H,6,7). The number of aryl methyl sites for hydroxylation is 1. The number of likely N-dealkylation sites (N-methyl/N-ethyl adjacent to an activating group) is 1. The molecular weight excluding hydrogens is 960 g/mol. The molecule has 2 fully saturated rings. The number of carbonyl (C=O) groups is 1. The third-order valence-electron chi connectivity index (χ3n) is 10.9. The van der Waals surface area contributed by atoms with Gasteiger partial charge in [0.25, 0.3) is 0 Å². The van der Waals surface area contributed by atoms with Crippen molar-refractivity contribution in [1.29, 1.82) is 0 Å². The number of thiazole rings is 1. The first kappa shape index (κ1) is 47.8. The maximum absolute atomic E-state index is 14.3. The van der Waals surface area contributed by atoms with Gasteiger partial charge in [0, 0.05) is 66.4 Å². The average molecular weight is 1010 g/mol. The number of nitrogens with zero attached hydrogens (tertiary/aromatic N) is 10. The molecule has 0 aliphatic carbocycles. The van der Waals surface area contributed by atoms with Crippen LogP contribution in [0.15, 0.2) is 90.1 Å². The van der Waals surface area contributed by atoms with Crippen molar-refractivity contribution in [1.82, 2.24) is 49.4 Å². The zero-order chi connectivity index (χ0) is 47.7. The Labute approximate surface area is 403 Å². The second-order valence-corrected chi connectivity index (χ2v) is 18.4. The van der Waals surface area contributed by atoms with Gasteiger partial charge in [-0.05, 0) is 83.1 Å². The number of aliphatic carboxylic acids is 1. The summed E-state index contributed by atoms with van der Waals surface area (Å²) in [7, 11) is 3.43. The number of hydrogen-bond donors (Lipinski definition) is 3. The number of hydrogen-bond acceptors (Lipinski definition) is 16. The van der Waals surface area contributed by atoms with Crippen LogP contribution in [0.2, 0.25) is 0 Å². The number of nitrogens with two attached hydrogens (primary N) is 2. The van der Waals surface area contributed by atoms with Crippen LogP contribution in [0.3, 0.4) is 0 Å². The first-order valence-electron chi connectivity index (χ1n) is 21.8. The van der Waals surface area contributed by atoms with E-state index >= 15 is 0 Å². The van der Waals surface area contributed by atoms with Crippen molar-refractivity contribution in [3.8, 4) is 39.8 Å². The molecule has 0 radical (unpaired) electrons. The lowest BCUT2D eigenvalue weighted by Crippen LogP contribution is -2.20. The third kappa shape index (κ3) is 11.7. The summed E-state index contributed by atoms with van der Waals surface area (Å²) in [5, 5.41) is 20.3. The van der Waals surface area contributed by atoms with Gasteiger partial charge in [-0.15, -0.1) is 11.3 Å². The summed E-state index contributed by atoms with van der Waals surface area (Å²) in [5.41, 5.74) is 17.3. The van der Waals surface area contributed by atoms with Crippen LogP contribution < -0.4 is 20.9 Å². The molecule has 0 saturated carbocycles. The summed E-state index contributed by atoms with van der Waals surface area (Å²) in [6, 6.07) is 20.2. The number of fused-ring (bicyclic) bond motifs is 2. The summed E-state index contributed by atoms with van der Waals surface area (Å²) in [6.45, 7) is 5.22. The number of rotatable bonds is 11. The van der Waals surface area contributed by atoms with Gasteiger partial charge in [0.15, 0.2) is 11.3 Å². The minimum absolute atomic E-state index is 0.111. The Morgan fingerprint density at radius 3 is 1.76 bits per heavy atom. The van der Waals surface area contributed by atoms with Crippen LogP contribution in [0, 0.1) is 12.7 Å². The van der Waals surface area contributed by atoms with Crippen LogP contribution in [0.4, 0.5) is 16.0 Å². The molecule has 5 N–H and O–H groups in total. The van der Waals surface area contributed by atoms with Crippen molar-refractivity contribution in [3.05, 3.63) is 106 Å². The molecule has 8 aromatic rings. The molecule has 0 spiro atoms. The largest absolute Gasteiger partial charge is 0.488 e. The zero-order valence-electron chi connectivity index (χ0n) is 37.6. The van der Waals surface area contributed by atoms with E-state index in [0.29, 0.717) is 60.0 Å². The quantitative estimate of drug-likeness (QED) is 0.110. The molecule has 2 aliphatic rings. The maximum Gasteiger partial charge on any atom is 0.317 e. The van der Waals surface area contributed by atoms with Crippen LogP contribution in [0.1, 0.15) is 47.7 Å². The average Bonchev–Trinajstić information content (AvgIpc) is 4.06.